The van der Waals surface area contributed by atoms with E-state index in [0.717, 1.165) is 4.31 Å². The molecule has 0 aliphatic carbocycles. The van der Waals surface area contributed by atoms with Gasteiger partial charge in [0.25, 0.3) is 0 Å². The van der Waals surface area contributed by atoms with E-state index in [1.807, 2.05) is 0 Å². The summed E-state index contributed by atoms with van der Waals surface area (Å²) in [4.78, 5) is 18.9. The lowest BCUT2D eigenvalue weighted by Crippen LogP contribution is -2.22. The maximum absolute atomic E-state index is 11.9. The van der Waals surface area contributed by atoms with Gasteiger partial charge in [-0.1, -0.05) is 11.8 Å². The molecule has 0 bridgehead atoms. The van der Waals surface area contributed by atoms with Gasteiger partial charge in [0.05, 0.1) is 16.5 Å². The number of rotatable bonds is 6. The molecule has 1 N–H and O–H groups in total. The van der Waals surface area contributed by atoms with E-state index in [4.69, 9.17) is 0 Å². The highest BCUT2D eigenvalue weighted by Crippen LogP contribution is 2.19. The minimum atomic E-state index is -3.47. The van der Waals surface area contributed by atoms with Crippen molar-refractivity contribution in [3.8, 4) is 0 Å². The summed E-state index contributed by atoms with van der Waals surface area (Å²) in [5.74, 6) is 0.213. The summed E-state index contributed by atoms with van der Waals surface area (Å²) < 4.78 is 24.9. The maximum atomic E-state index is 11.9. The van der Waals surface area contributed by atoms with E-state index < -0.39 is 10.0 Å². The summed E-state index contributed by atoms with van der Waals surface area (Å²) in [5.41, 5.74) is 0.550. The second-order valence-electron chi connectivity index (χ2n) is 4.42. The molecule has 0 aliphatic heterocycles. The predicted octanol–water partition coefficient (Wildman–Crippen LogP) is 1.64. The van der Waals surface area contributed by atoms with Gasteiger partial charge in [-0.2, -0.15) is 0 Å². The first kappa shape index (κ1) is 15.7. The Morgan fingerprint density at radius 1 is 1.33 bits per heavy atom. The zero-order chi connectivity index (χ0) is 15.5. The highest BCUT2D eigenvalue weighted by molar-refractivity contribution is 7.99. The molecule has 8 heteroatoms. The van der Waals surface area contributed by atoms with Gasteiger partial charge in [-0.05, 0) is 24.3 Å². The van der Waals surface area contributed by atoms with Gasteiger partial charge in [0, 0.05) is 26.5 Å². The fourth-order valence-electron chi connectivity index (χ4n) is 1.54. The van der Waals surface area contributed by atoms with Gasteiger partial charge in [0.2, 0.25) is 10.0 Å². The molecule has 0 atom stereocenters. The van der Waals surface area contributed by atoms with Crippen molar-refractivity contribution < 1.29 is 13.2 Å². The first-order valence-electron chi connectivity index (χ1n) is 6.09. The van der Waals surface area contributed by atoms with Gasteiger partial charge in [-0.3, -0.25) is 4.79 Å². The molecule has 2 rings (SSSR count). The van der Waals surface area contributed by atoms with Crippen LogP contribution in [0.25, 0.3) is 0 Å². The highest BCUT2D eigenvalue weighted by atomic mass is 32.2. The molecule has 21 heavy (non-hydrogen) atoms. The van der Waals surface area contributed by atoms with E-state index in [1.54, 1.807) is 24.4 Å². The van der Waals surface area contributed by atoms with Crippen molar-refractivity contribution in [1.82, 2.24) is 14.3 Å². The Morgan fingerprint density at radius 2 is 2.10 bits per heavy atom. The largest absolute Gasteiger partial charge is 0.359 e. The molecule has 0 spiro atoms. The molecule has 0 radical (unpaired) electrons. The highest BCUT2D eigenvalue weighted by Gasteiger charge is 2.17. The molecule has 0 aliphatic rings. The van der Waals surface area contributed by atoms with Crippen LogP contribution in [0.2, 0.25) is 0 Å². The van der Waals surface area contributed by atoms with Crippen molar-refractivity contribution in [2.45, 2.75) is 9.92 Å². The molecule has 0 saturated heterocycles. The van der Waals surface area contributed by atoms with Crippen molar-refractivity contribution in [2.75, 3.05) is 19.8 Å². The number of hydrogen-bond acceptors (Lipinski definition) is 5. The molecule has 6 nitrogen and oxygen atoms in total. The number of thioether (sulfide) groups is 1. The zero-order valence-corrected chi connectivity index (χ0v) is 13.2. The summed E-state index contributed by atoms with van der Waals surface area (Å²) in [6, 6.07) is 6.56. The van der Waals surface area contributed by atoms with E-state index in [-0.39, 0.29) is 16.4 Å². The van der Waals surface area contributed by atoms with E-state index in [2.05, 4.69) is 9.97 Å². The summed E-state index contributed by atoms with van der Waals surface area (Å²) in [6.45, 7) is 0. The second-order valence-corrected chi connectivity index (χ2v) is 7.56. The molecule has 2 aromatic heterocycles. The standard InChI is InChI=1S/C13H15N3O3S2/c1-16(2)21(18,19)10-5-6-13(15-8-10)20-9-12(17)11-4-3-7-14-11/h3-8,14H,9H2,1-2H3. The maximum Gasteiger partial charge on any atom is 0.244 e. The van der Waals surface area contributed by atoms with Crippen LogP contribution in [-0.2, 0) is 10.0 Å². The molecule has 0 aromatic carbocycles. The van der Waals surface area contributed by atoms with Crippen LogP contribution in [0.15, 0.2) is 46.6 Å². The number of aromatic nitrogens is 2. The lowest BCUT2D eigenvalue weighted by molar-refractivity contribution is 0.101. The first-order valence-corrected chi connectivity index (χ1v) is 8.52. The number of pyridine rings is 1. The number of nitrogens with zero attached hydrogens (tertiary/aromatic N) is 2. The van der Waals surface area contributed by atoms with Crippen molar-refractivity contribution in [1.29, 1.82) is 0 Å². The summed E-state index contributed by atoms with van der Waals surface area (Å²) >= 11 is 1.27. The lowest BCUT2D eigenvalue weighted by Gasteiger charge is -2.10. The van der Waals surface area contributed by atoms with Crippen LogP contribution in [-0.4, -0.2) is 48.3 Å². The minimum absolute atomic E-state index is 0.0308. The van der Waals surface area contributed by atoms with Crippen molar-refractivity contribution in [2.24, 2.45) is 0 Å². The molecule has 0 saturated carbocycles. The van der Waals surface area contributed by atoms with Crippen LogP contribution in [0.1, 0.15) is 10.5 Å². The molecule has 2 heterocycles. The van der Waals surface area contributed by atoms with E-state index in [0.29, 0.717) is 10.7 Å². The summed E-state index contributed by atoms with van der Waals surface area (Å²) in [7, 11) is -0.540. The Hall–Kier alpha value is -1.64. The number of nitrogens with one attached hydrogen (secondary N) is 1. The Kier molecular flexibility index (Phi) is 4.81. The zero-order valence-electron chi connectivity index (χ0n) is 11.6. The third-order valence-corrected chi connectivity index (χ3v) is 5.48. The van der Waals surface area contributed by atoms with Crippen molar-refractivity contribution in [3.63, 3.8) is 0 Å². The van der Waals surface area contributed by atoms with Gasteiger partial charge in [-0.25, -0.2) is 17.7 Å². The van der Waals surface area contributed by atoms with Crippen LogP contribution in [0.5, 0.6) is 0 Å². The number of sulfonamides is 1. The van der Waals surface area contributed by atoms with Crippen LogP contribution in [0.3, 0.4) is 0 Å². The smallest absolute Gasteiger partial charge is 0.244 e. The molecular weight excluding hydrogens is 310 g/mol. The molecule has 2 aromatic rings. The Labute approximate surface area is 127 Å². The molecule has 0 amide bonds. The Bertz CT molecular complexity index is 708. The average molecular weight is 325 g/mol. The quantitative estimate of drug-likeness (QED) is 0.645. The number of carbonyl (C=O) groups excluding carboxylic acids is 1. The number of hydrogen-bond donors (Lipinski definition) is 1. The topological polar surface area (TPSA) is 83.1 Å². The van der Waals surface area contributed by atoms with Gasteiger partial charge in [-0.15, -0.1) is 0 Å². The van der Waals surface area contributed by atoms with Crippen molar-refractivity contribution >= 4 is 27.6 Å². The van der Waals surface area contributed by atoms with Gasteiger partial charge in [0.15, 0.2) is 5.78 Å². The number of carbonyl (C=O) groups is 1. The van der Waals surface area contributed by atoms with E-state index >= 15 is 0 Å². The summed E-state index contributed by atoms with van der Waals surface area (Å²) in [5, 5.41) is 0.604. The third kappa shape index (κ3) is 3.72. The van der Waals surface area contributed by atoms with E-state index in [9.17, 15) is 13.2 Å². The fraction of sp³-hybridized carbons (Fsp3) is 0.231. The van der Waals surface area contributed by atoms with E-state index in [1.165, 1.54) is 38.1 Å². The van der Waals surface area contributed by atoms with Crippen LogP contribution < -0.4 is 0 Å². The Balaban J connectivity index is 2.02. The SMILES string of the molecule is CN(C)S(=O)(=O)c1ccc(SCC(=O)c2ccc[nH]2)nc1. The number of aromatic amines is 1. The molecule has 0 fully saturated rings. The summed E-state index contributed by atoms with van der Waals surface area (Å²) in [6.07, 6.45) is 2.99. The third-order valence-electron chi connectivity index (χ3n) is 2.74. The average Bonchev–Trinajstić information content (AvgIpc) is 2.99. The lowest BCUT2D eigenvalue weighted by atomic mass is 10.3. The predicted molar refractivity (Wildman–Crippen MR) is 81.0 cm³/mol. The van der Waals surface area contributed by atoms with Gasteiger partial charge < -0.3 is 4.98 Å². The Morgan fingerprint density at radius 3 is 2.62 bits per heavy atom. The first-order chi connectivity index (χ1) is 9.91. The normalized spacial score (nSPS) is 11.8. The number of ketones is 1. The minimum Gasteiger partial charge on any atom is -0.359 e. The van der Waals surface area contributed by atoms with Crippen LogP contribution >= 0.6 is 11.8 Å². The second kappa shape index (κ2) is 6.42. The van der Waals surface area contributed by atoms with Gasteiger partial charge >= 0.3 is 0 Å². The van der Waals surface area contributed by atoms with Crippen LogP contribution in [0.4, 0.5) is 0 Å². The molecular formula is C13H15N3O3S2. The monoisotopic (exact) mass is 325 g/mol. The molecule has 112 valence electrons. The van der Waals surface area contributed by atoms with Gasteiger partial charge in [0.1, 0.15) is 4.90 Å². The number of H-pyrrole nitrogens is 1. The van der Waals surface area contributed by atoms with Crippen LogP contribution in [0, 0.1) is 0 Å². The number of Topliss-reactive ketones (excluding diaryl/α,β-unsaturated/α-hetero) is 1. The van der Waals surface area contributed by atoms with Crippen molar-refractivity contribution in [3.05, 3.63) is 42.4 Å². The molecule has 0 unspecified atom stereocenters. The fourth-order valence-corrected chi connectivity index (χ4v) is 3.11.